The van der Waals surface area contributed by atoms with Gasteiger partial charge in [0, 0.05) is 5.38 Å². The Morgan fingerprint density at radius 2 is 2.45 bits per heavy atom. The number of halogens is 1. The first kappa shape index (κ1) is 9.16. The Kier molecular flexibility index (Phi) is 3.48. The largest absolute Gasteiger partial charge is 0.372 e. The van der Waals surface area contributed by atoms with Crippen LogP contribution in [-0.4, -0.2) is 11.1 Å². The molecule has 0 radical (unpaired) electrons. The van der Waals surface area contributed by atoms with Crippen LogP contribution in [0.2, 0.25) is 0 Å². The van der Waals surface area contributed by atoms with Gasteiger partial charge in [0.05, 0.1) is 18.4 Å². The highest BCUT2D eigenvalue weighted by Crippen LogP contribution is 2.16. The van der Waals surface area contributed by atoms with Crippen LogP contribution >= 0.6 is 27.3 Å². The topological polar surface area (TPSA) is 22.1 Å². The lowest BCUT2D eigenvalue weighted by Gasteiger charge is -2.03. The fraction of sp³-hybridized carbons (Fsp3) is 0.571. The van der Waals surface area contributed by atoms with Crippen molar-refractivity contribution in [2.45, 2.75) is 26.6 Å². The van der Waals surface area contributed by atoms with Crippen LogP contribution in [0.1, 0.15) is 19.5 Å². The summed E-state index contributed by atoms with van der Waals surface area (Å²) in [6, 6.07) is 0. The number of aromatic nitrogens is 1. The number of hydrogen-bond acceptors (Lipinski definition) is 3. The van der Waals surface area contributed by atoms with E-state index in [2.05, 4.69) is 20.9 Å². The molecule has 0 unspecified atom stereocenters. The molecule has 0 saturated carbocycles. The second-order valence-electron chi connectivity index (χ2n) is 2.45. The van der Waals surface area contributed by atoms with E-state index in [0.717, 1.165) is 9.61 Å². The lowest BCUT2D eigenvalue weighted by atomic mass is 10.4. The van der Waals surface area contributed by atoms with Crippen LogP contribution in [0.4, 0.5) is 0 Å². The summed E-state index contributed by atoms with van der Waals surface area (Å²) in [5.41, 5.74) is 0.996. The molecule has 1 rings (SSSR count). The molecule has 1 heterocycles. The van der Waals surface area contributed by atoms with Crippen molar-refractivity contribution in [2.24, 2.45) is 0 Å². The van der Waals surface area contributed by atoms with Crippen molar-refractivity contribution in [1.29, 1.82) is 0 Å². The fourth-order valence-electron chi connectivity index (χ4n) is 0.601. The van der Waals surface area contributed by atoms with Gasteiger partial charge < -0.3 is 4.74 Å². The molecule has 0 aliphatic rings. The monoisotopic (exact) mass is 235 g/mol. The van der Waals surface area contributed by atoms with E-state index in [-0.39, 0.29) is 6.10 Å². The zero-order valence-electron chi connectivity index (χ0n) is 6.50. The maximum atomic E-state index is 5.36. The molecule has 0 amide bonds. The van der Waals surface area contributed by atoms with E-state index in [1.54, 1.807) is 11.3 Å². The number of ether oxygens (including phenoxy) is 1. The van der Waals surface area contributed by atoms with Gasteiger partial charge in [0.2, 0.25) is 0 Å². The molecular weight excluding hydrogens is 226 g/mol. The maximum Gasteiger partial charge on any atom is 0.159 e. The molecule has 0 fully saturated rings. The summed E-state index contributed by atoms with van der Waals surface area (Å²) in [6.45, 7) is 4.64. The zero-order valence-corrected chi connectivity index (χ0v) is 8.91. The molecule has 62 valence electrons. The summed E-state index contributed by atoms with van der Waals surface area (Å²) in [4.78, 5) is 4.19. The summed E-state index contributed by atoms with van der Waals surface area (Å²) in [5.74, 6) is 0. The molecule has 0 aromatic carbocycles. The smallest absolute Gasteiger partial charge is 0.159 e. The summed E-state index contributed by atoms with van der Waals surface area (Å²) < 4.78 is 6.28. The predicted molar refractivity (Wildman–Crippen MR) is 49.7 cm³/mol. The molecule has 4 heteroatoms. The first-order chi connectivity index (χ1) is 5.18. The average molecular weight is 236 g/mol. The Labute approximate surface area is 78.7 Å². The van der Waals surface area contributed by atoms with Gasteiger partial charge in [0.1, 0.15) is 0 Å². The van der Waals surface area contributed by atoms with Crippen LogP contribution in [0, 0.1) is 0 Å². The van der Waals surface area contributed by atoms with Gasteiger partial charge in [-0.25, -0.2) is 4.98 Å². The Morgan fingerprint density at radius 1 is 1.73 bits per heavy atom. The van der Waals surface area contributed by atoms with Gasteiger partial charge in [-0.15, -0.1) is 11.3 Å². The molecule has 0 bridgehead atoms. The summed E-state index contributed by atoms with van der Waals surface area (Å²) in [6.07, 6.45) is 0.274. The molecule has 2 nitrogen and oxygen atoms in total. The number of nitrogens with zero attached hydrogens (tertiary/aromatic N) is 1. The lowest BCUT2D eigenvalue weighted by molar-refractivity contribution is 0.0638. The third kappa shape index (κ3) is 3.31. The minimum atomic E-state index is 0.274. The first-order valence-corrected chi connectivity index (χ1v) is 5.07. The van der Waals surface area contributed by atoms with Crippen molar-refractivity contribution in [3.05, 3.63) is 15.0 Å². The van der Waals surface area contributed by atoms with Crippen molar-refractivity contribution < 1.29 is 4.74 Å². The second-order valence-corrected chi connectivity index (χ2v) is 4.59. The molecule has 1 aromatic rings. The number of hydrogen-bond donors (Lipinski definition) is 0. The van der Waals surface area contributed by atoms with Gasteiger partial charge in [0.15, 0.2) is 3.92 Å². The van der Waals surface area contributed by atoms with Crippen molar-refractivity contribution in [3.63, 3.8) is 0 Å². The average Bonchev–Trinajstić information content (AvgIpc) is 2.31. The van der Waals surface area contributed by atoms with Crippen LogP contribution in [0.25, 0.3) is 0 Å². The highest BCUT2D eigenvalue weighted by atomic mass is 79.9. The highest BCUT2D eigenvalue weighted by molar-refractivity contribution is 9.11. The van der Waals surface area contributed by atoms with Gasteiger partial charge in [0.25, 0.3) is 0 Å². The molecule has 11 heavy (non-hydrogen) atoms. The summed E-state index contributed by atoms with van der Waals surface area (Å²) in [5, 5.41) is 1.99. The van der Waals surface area contributed by atoms with Crippen LogP contribution in [0.15, 0.2) is 9.30 Å². The van der Waals surface area contributed by atoms with Crippen LogP contribution < -0.4 is 0 Å². The lowest BCUT2D eigenvalue weighted by Crippen LogP contribution is -2.02. The molecule has 0 saturated heterocycles. The van der Waals surface area contributed by atoms with E-state index in [1.165, 1.54) is 0 Å². The van der Waals surface area contributed by atoms with Crippen molar-refractivity contribution in [3.8, 4) is 0 Å². The predicted octanol–water partition coefficient (Wildman–Crippen LogP) is 2.83. The third-order valence-electron chi connectivity index (χ3n) is 1.09. The van der Waals surface area contributed by atoms with E-state index in [9.17, 15) is 0 Å². The Bertz CT molecular complexity index is 224. The maximum absolute atomic E-state index is 5.36. The van der Waals surface area contributed by atoms with Gasteiger partial charge in [-0.05, 0) is 29.8 Å². The molecule has 0 aliphatic carbocycles. The number of rotatable bonds is 3. The molecule has 1 aromatic heterocycles. The van der Waals surface area contributed by atoms with Crippen LogP contribution in [-0.2, 0) is 11.3 Å². The van der Waals surface area contributed by atoms with E-state index in [0.29, 0.717) is 6.61 Å². The second kappa shape index (κ2) is 4.18. The SMILES string of the molecule is CC(C)OCc1csc(Br)n1. The van der Waals surface area contributed by atoms with E-state index in [1.807, 2.05) is 19.2 Å². The third-order valence-corrected chi connectivity index (χ3v) is 2.50. The Balaban J connectivity index is 2.39. The molecular formula is C7H10BrNOS. The van der Waals surface area contributed by atoms with Gasteiger partial charge >= 0.3 is 0 Å². The van der Waals surface area contributed by atoms with Gasteiger partial charge in [-0.1, -0.05) is 0 Å². The molecule has 0 spiro atoms. The van der Waals surface area contributed by atoms with Gasteiger partial charge in [-0.3, -0.25) is 0 Å². The quantitative estimate of drug-likeness (QED) is 0.805. The van der Waals surface area contributed by atoms with Crippen molar-refractivity contribution >= 4 is 27.3 Å². The standard InChI is InChI=1S/C7H10BrNOS/c1-5(2)10-3-6-4-11-7(8)9-6/h4-5H,3H2,1-2H3. The molecule has 0 N–H and O–H groups in total. The fourth-order valence-corrected chi connectivity index (χ4v) is 1.63. The first-order valence-electron chi connectivity index (χ1n) is 3.40. The van der Waals surface area contributed by atoms with Crippen molar-refractivity contribution in [1.82, 2.24) is 4.98 Å². The minimum absolute atomic E-state index is 0.274. The normalized spacial score (nSPS) is 10.9. The molecule has 0 aliphatic heterocycles. The zero-order chi connectivity index (χ0) is 8.27. The van der Waals surface area contributed by atoms with Crippen LogP contribution in [0.5, 0.6) is 0 Å². The molecule has 0 atom stereocenters. The van der Waals surface area contributed by atoms with E-state index < -0.39 is 0 Å². The Hall–Kier alpha value is 0.0700. The van der Waals surface area contributed by atoms with E-state index in [4.69, 9.17) is 4.74 Å². The summed E-state index contributed by atoms with van der Waals surface area (Å²) >= 11 is 4.87. The van der Waals surface area contributed by atoms with Crippen LogP contribution in [0.3, 0.4) is 0 Å². The Morgan fingerprint density at radius 3 is 2.91 bits per heavy atom. The van der Waals surface area contributed by atoms with Gasteiger partial charge in [-0.2, -0.15) is 0 Å². The minimum Gasteiger partial charge on any atom is -0.372 e. The number of thiazole rings is 1. The van der Waals surface area contributed by atoms with E-state index >= 15 is 0 Å². The van der Waals surface area contributed by atoms with Crippen molar-refractivity contribution in [2.75, 3.05) is 0 Å². The highest BCUT2D eigenvalue weighted by Gasteiger charge is 1.99. The summed E-state index contributed by atoms with van der Waals surface area (Å²) in [7, 11) is 0.